The van der Waals surface area contributed by atoms with Gasteiger partial charge >= 0.3 is 5.97 Å². The average Bonchev–Trinajstić information content (AvgIpc) is 3.13. The number of Topliss-reactive ketones (excluding diaryl/α,β-unsaturated/α-hetero) is 1. The zero-order valence-corrected chi connectivity index (χ0v) is 22.4. The van der Waals surface area contributed by atoms with Crippen molar-refractivity contribution in [1.82, 2.24) is 0 Å². The largest absolute Gasteiger partial charge is 0.503 e. The number of rotatable bonds is 7. The molecule has 9 heteroatoms. The molecule has 1 atom stereocenters. The molecule has 0 bridgehead atoms. The Labute approximate surface area is 230 Å². The molecule has 0 spiro atoms. The fraction of sp³-hybridized carbons (Fsp3) is 0.207. The summed E-state index contributed by atoms with van der Waals surface area (Å²) in [6.45, 7) is 4.77. The van der Waals surface area contributed by atoms with Crippen molar-refractivity contribution in [3.05, 3.63) is 105 Å². The summed E-state index contributed by atoms with van der Waals surface area (Å²) in [4.78, 5) is 40.7. The second-order valence-electron chi connectivity index (χ2n) is 9.57. The second kappa shape index (κ2) is 10.9. The van der Waals surface area contributed by atoms with Crippen LogP contribution >= 0.6 is 23.2 Å². The topological polar surface area (TPSA) is 93.1 Å². The minimum Gasteiger partial charge on any atom is -0.503 e. The molecule has 1 unspecified atom stereocenters. The summed E-state index contributed by atoms with van der Waals surface area (Å²) >= 11 is 12.4. The van der Waals surface area contributed by atoms with E-state index in [0.29, 0.717) is 16.1 Å². The smallest absolute Gasteiger partial charge is 0.344 e. The molecule has 7 nitrogen and oxygen atoms in total. The summed E-state index contributed by atoms with van der Waals surface area (Å²) in [5.41, 5.74) is 0.158. The molecule has 1 aliphatic rings. The molecule has 1 heterocycles. The van der Waals surface area contributed by atoms with Crippen LogP contribution in [0.1, 0.15) is 42.7 Å². The second-order valence-corrected chi connectivity index (χ2v) is 10.4. The van der Waals surface area contributed by atoms with Gasteiger partial charge in [-0.1, -0.05) is 65.7 Å². The van der Waals surface area contributed by atoms with E-state index in [0.717, 1.165) is 0 Å². The highest BCUT2D eigenvalue weighted by molar-refractivity contribution is 6.31. The molecule has 1 aliphatic heterocycles. The molecule has 0 saturated heterocycles. The number of ketones is 1. The Bertz CT molecular complexity index is 1410. The van der Waals surface area contributed by atoms with Crippen LogP contribution in [0.25, 0.3) is 0 Å². The molecule has 0 fully saturated rings. The fourth-order valence-corrected chi connectivity index (χ4v) is 4.39. The number of aliphatic hydroxyl groups excluding tert-OH is 1. The van der Waals surface area contributed by atoms with E-state index in [9.17, 15) is 19.5 Å². The van der Waals surface area contributed by atoms with E-state index >= 15 is 0 Å². The predicted molar refractivity (Wildman–Crippen MR) is 145 cm³/mol. The van der Waals surface area contributed by atoms with Crippen LogP contribution in [0.4, 0.5) is 5.69 Å². The summed E-state index contributed by atoms with van der Waals surface area (Å²) in [5, 5.41) is 11.7. The number of nitrogens with zero attached hydrogens (tertiary/aromatic N) is 1. The van der Waals surface area contributed by atoms with Gasteiger partial charge in [0.05, 0.1) is 17.3 Å². The quantitative estimate of drug-likeness (QED) is 0.265. The maximum absolute atomic E-state index is 13.6. The van der Waals surface area contributed by atoms with Crippen molar-refractivity contribution in [1.29, 1.82) is 0 Å². The Morgan fingerprint density at radius 3 is 2.21 bits per heavy atom. The van der Waals surface area contributed by atoms with E-state index < -0.39 is 41.7 Å². The van der Waals surface area contributed by atoms with E-state index in [4.69, 9.17) is 32.7 Å². The van der Waals surface area contributed by atoms with Crippen molar-refractivity contribution in [2.45, 2.75) is 32.4 Å². The maximum Gasteiger partial charge on any atom is 0.344 e. The van der Waals surface area contributed by atoms with Crippen molar-refractivity contribution in [2.24, 2.45) is 0 Å². The summed E-state index contributed by atoms with van der Waals surface area (Å²) in [7, 11) is 0. The zero-order chi connectivity index (χ0) is 27.6. The zero-order valence-electron chi connectivity index (χ0n) is 20.9. The highest BCUT2D eigenvalue weighted by Crippen LogP contribution is 2.45. The van der Waals surface area contributed by atoms with Gasteiger partial charge in [0.25, 0.3) is 5.91 Å². The molecule has 1 amide bonds. The number of esters is 1. The lowest BCUT2D eigenvalue weighted by Crippen LogP contribution is -2.32. The molecule has 0 aromatic heterocycles. The van der Waals surface area contributed by atoms with Crippen LogP contribution in [0.2, 0.25) is 10.0 Å². The molecule has 38 heavy (non-hydrogen) atoms. The molecule has 0 saturated carbocycles. The number of ether oxygens (including phenoxy) is 2. The number of benzene rings is 3. The highest BCUT2D eigenvalue weighted by atomic mass is 35.5. The summed E-state index contributed by atoms with van der Waals surface area (Å²) < 4.78 is 11.1. The van der Waals surface area contributed by atoms with E-state index in [1.807, 2.05) is 0 Å². The molecular weight excluding hydrogens is 529 g/mol. The summed E-state index contributed by atoms with van der Waals surface area (Å²) in [5.74, 6) is -2.52. The normalized spacial score (nSPS) is 15.6. The van der Waals surface area contributed by atoms with Gasteiger partial charge in [-0.25, -0.2) is 4.79 Å². The van der Waals surface area contributed by atoms with E-state index in [1.165, 1.54) is 23.1 Å². The van der Waals surface area contributed by atoms with Gasteiger partial charge in [0.15, 0.2) is 18.1 Å². The van der Waals surface area contributed by atoms with Gasteiger partial charge < -0.3 is 14.6 Å². The summed E-state index contributed by atoms with van der Waals surface area (Å²) in [6, 6.07) is 18.4. The van der Waals surface area contributed by atoms with Crippen LogP contribution in [0.5, 0.6) is 5.75 Å². The summed E-state index contributed by atoms with van der Waals surface area (Å²) in [6.07, 6.45) is 0. The van der Waals surface area contributed by atoms with Crippen LogP contribution < -0.4 is 9.64 Å². The van der Waals surface area contributed by atoms with E-state index in [-0.39, 0.29) is 22.0 Å². The first-order valence-electron chi connectivity index (χ1n) is 11.7. The fourth-order valence-electron chi connectivity index (χ4n) is 4.10. The van der Waals surface area contributed by atoms with Gasteiger partial charge in [-0.3, -0.25) is 14.5 Å². The van der Waals surface area contributed by atoms with Crippen molar-refractivity contribution < 1.29 is 29.0 Å². The van der Waals surface area contributed by atoms with Crippen molar-refractivity contribution in [3.63, 3.8) is 0 Å². The van der Waals surface area contributed by atoms with Crippen molar-refractivity contribution in [3.8, 4) is 5.75 Å². The van der Waals surface area contributed by atoms with Gasteiger partial charge in [0.1, 0.15) is 11.4 Å². The lowest BCUT2D eigenvalue weighted by Gasteiger charge is -2.29. The van der Waals surface area contributed by atoms with Gasteiger partial charge in [-0.05, 0) is 56.7 Å². The molecule has 196 valence electrons. The number of carbonyl (C=O) groups is 3. The minimum atomic E-state index is -1.03. The number of hydrogen-bond donors (Lipinski definition) is 1. The Kier molecular flexibility index (Phi) is 7.81. The third-order valence-corrected chi connectivity index (χ3v) is 6.11. The van der Waals surface area contributed by atoms with Crippen molar-refractivity contribution >= 4 is 46.5 Å². The lowest BCUT2D eigenvalue weighted by molar-refractivity contribution is -0.157. The first kappa shape index (κ1) is 27.2. The standard InChI is InChI=1S/C29H25Cl2NO6/c1-29(2,3)38-23(33)16-37-22-14-13-20(31)15-21(22)32-25(17-9-11-19(30)12-10-17)24(27(35)28(32)36)26(34)18-7-5-4-6-8-18/h4-15,25,35H,16H2,1-3H3. The third kappa shape index (κ3) is 5.85. The highest BCUT2D eigenvalue weighted by Gasteiger charge is 2.45. The monoisotopic (exact) mass is 553 g/mol. The number of carbonyl (C=O) groups excluding carboxylic acids is 3. The molecule has 3 aromatic carbocycles. The average molecular weight is 554 g/mol. The van der Waals surface area contributed by atoms with E-state index in [1.54, 1.807) is 75.4 Å². The van der Waals surface area contributed by atoms with E-state index in [2.05, 4.69) is 0 Å². The van der Waals surface area contributed by atoms with Crippen molar-refractivity contribution in [2.75, 3.05) is 11.5 Å². The van der Waals surface area contributed by atoms with Gasteiger partial charge in [0.2, 0.25) is 0 Å². The van der Waals surface area contributed by atoms with Crippen LogP contribution in [0.15, 0.2) is 84.1 Å². The third-order valence-electron chi connectivity index (χ3n) is 5.62. The molecule has 0 radical (unpaired) electrons. The number of amides is 1. The molecule has 0 aliphatic carbocycles. The molecule has 1 N–H and O–H groups in total. The van der Waals surface area contributed by atoms with Crippen LogP contribution in [-0.2, 0) is 14.3 Å². The molecule has 3 aromatic rings. The lowest BCUT2D eigenvalue weighted by atomic mass is 9.92. The minimum absolute atomic E-state index is 0.110. The van der Waals surface area contributed by atoms with Crippen LogP contribution in [-0.4, -0.2) is 35.0 Å². The SMILES string of the molecule is CC(C)(C)OC(=O)COc1ccc(Cl)cc1N1C(=O)C(O)=C(C(=O)c2ccccc2)C1c1ccc(Cl)cc1. The Morgan fingerprint density at radius 1 is 0.947 bits per heavy atom. The Morgan fingerprint density at radius 2 is 1.58 bits per heavy atom. The number of aliphatic hydroxyl groups is 1. The van der Waals surface area contributed by atoms with Gasteiger partial charge in [0, 0.05) is 15.6 Å². The number of anilines is 1. The Hall–Kier alpha value is -3.81. The molecular formula is C29H25Cl2NO6. The maximum atomic E-state index is 13.6. The van der Waals surface area contributed by atoms with Gasteiger partial charge in [-0.2, -0.15) is 0 Å². The van der Waals surface area contributed by atoms with Crippen LogP contribution in [0.3, 0.4) is 0 Å². The Balaban J connectivity index is 1.80. The predicted octanol–water partition coefficient (Wildman–Crippen LogP) is 6.50. The first-order chi connectivity index (χ1) is 18.0. The number of halogens is 2. The van der Waals surface area contributed by atoms with Gasteiger partial charge in [-0.15, -0.1) is 0 Å². The first-order valence-corrected chi connectivity index (χ1v) is 12.5. The number of hydrogen-bond acceptors (Lipinski definition) is 6. The van der Waals surface area contributed by atoms with Crippen LogP contribution in [0, 0.1) is 0 Å². The molecule has 4 rings (SSSR count).